The van der Waals surface area contributed by atoms with Gasteiger partial charge in [-0.2, -0.15) is 0 Å². The number of methoxy groups -OCH3 is 1. The lowest BCUT2D eigenvalue weighted by atomic mass is 10.0. The Morgan fingerprint density at radius 2 is 1.53 bits per heavy atom. The van der Waals surface area contributed by atoms with Crippen molar-refractivity contribution in [3.63, 3.8) is 0 Å². The Balaban J connectivity index is 3.38. The Kier molecular flexibility index (Phi) is 10.7. The van der Waals surface area contributed by atoms with Gasteiger partial charge in [-0.15, -0.1) is 0 Å². The Labute approximate surface area is 114 Å². The third kappa shape index (κ3) is 8.90. The molecular weight excluding hydrogens is 252 g/mol. The van der Waals surface area contributed by atoms with Gasteiger partial charge in [0.2, 0.25) is 5.91 Å². The van der Waals surface area contributed by atoms with Crippen molar-refractivity contribution in [2.45, 2.75) is 12.5 Å². The minimum absolute atomic E-state index is 0.215. The highest BCUT2D eigenvalue weighted by Crippen LogP contribution is 2.02. The van der Waals surface area contributed by atoms with E-state index in [0.717, 1.165) is 0 Å². The smallest absolute Gasteiger partial charge is 0.239 e. The summed E-state index contributed by atoms with van der Waals surface area (Å²) in [7, 11) is 3.30. The molecule has 7 heteroatoms. The van der Waals surface area contributed by atoms with E-state index in [0.29, 0.717) is 39.6 Å². The van der Waals surface area contributed by atoms with E-state index in [1.165, 1.54) is 0 Å². The first-order valence-electron chi connectivity index (χ1n) is 6.28. The van der Waals surface area contributed by atoms with Crippen LogP contribution in [0.5, 0.6) is 0 Å². The standard InChI is InChI=1S/C12H26N2O5/c1-12(14-2,11(13)15)10-19-9-8-18-7-6-17-5-4-16-3/h14H,4-10H2,1-3H3,(H2,13,15). The molecule has 0 aliphatic heterocycles. The van der Waals surface area contributed by atoms with Crippen molar-refractivity contribution >= 4 is 5.91 Å². The molecule has 1 unspecified atom stereocenters. The first-order chi connectivity index (χ1) is 9.06. The van der Waals surface area contributed by atoms with Crippen LogP contribution in [-0.4, -0.2) is 71.9 Å². The van der Waals surface area contributed by atoms with Crippen molar-refractivity contribution in [2.24, 2.45) is 5.73 Å². The number of hydrogen-bond acceptors (Lipinski definition) is 6. The van der Waals surface area contributed by atoms with E-state index in [4.69, 9.17) is 24.7 Å². The fourth-order valence-corrected chi connectivity index (χ4v) is 1.12. The van der Waals surface area contributed by atoms with Crippen LogP contribution in [-0.2, 0) is 23.7 Å². The summed E-state index contributed by atoms with van der Waals surface area (Å²) < 4.78 is 20.7. The third-order valence-corrected chi connectivity index (χ3v) is 2.66. The predicted octanol–water partition coefficient (Wildman–Crippen LogP) is -0.854. The third-order valence-electron chi connectivity index (χ3n) is 2.66. The molecule has 0 saturated heterocycles. The van der Waals surface area contributed by atoms with Gasteiger partial charge < -0.3 is 30.0 Å². The summed E-state index contributed by atoms with van der Waals surface area (Å²) in [5, 5.41) is 2.84. The fraction of sp³-hybridized carbons (Fsp3) is 0.917. The lowest BCUT2D eigenvalue weighted by Crippen LogP contribution is -2.55. The van der Waals surface area contributed by atoms with Crippen LogP contribution >= 0.6 is 0 Å². The second-order valence-corrected chi connectivity index (χ2v) is 4.22. The molecule has 0 rings (SSSR count). The van der Waals surface area contributed by atoms with Gasteiger partial charge in [0.05, 0.1) is 46.2 Å². The summed E-state index contributed by atoms with van der Waals surface area (Å²) in [5.41, 5.74) is 4.42. The van der Waals surface area contributed by atoms with Crippen molar-refractivity contribution in [3.05, 3.63) is 0 Å². The summed E-state index contributed by atoms with van der Waals surface area (Å²) in [6.45, 7) is 4.95. The lowest BCUT2D eigenvalue weighted by Gasteiger charge is -2.24. The molecule has 0 saturated carbocycles. The van der Waals surface area contributed by atoms with E-state index in [9.17, 15) is 4.79 Å². The average molecular weight is 278 g/mol. The number of likely N-dealkylation sites (N-methyl/N-ethyl adjacent to an activating group) is 1. The van der Waals surface area contributed by atoms with Crippen molar-refractivity contribution in [1.82, 2.24) is 5.32 Å². The van der Waals surface area contributed by atoms with E-state index in [1.807, 2.05) is 0 Å². The van der Waals surface area contributed by atoms with Gasteiger partial charge in [-0.05, 0) is 14.0 Å². The van der Waals surface area contributed by atoms with E-state index < -0.39 is 11.4 Å². The number of nitrogens with two attached hydrogens (primary N) is 1. The molecular formula is C12H26N2O5. The number of primary amides is 1. The largest absolute Gasteiger partial charge is 0.382 e. The molecule has 7 nitrogen and oxygen atoms in total. The van der Waals surface area contributed by atoms with Gasteiger partial charge in [-0.25, -0.2) is 0 Å². The van der Waals surface area contributed by atoms with Crippen LogP contribution < -0.4 is 11.1 Å². The van der Waals surface area contributed by atoms with E-state index in [1.54, 1.807) is 21.1 Å². The molecule has 0 bridgehead atoms. The zero-order valence-electron chi connectivity index (χ0n) is 12.1. The first kappa shape index (κ1) is 18.3. The molecule has 0 aliphatic rings. The minimum Gasteiger partial charge on any atom is -0.382 e. The van der Waals surface area contributed by atoms with Gasteiger partial charge in [0.15, 0.2) is 0 Å². The maximum Gasteiger partial charge on any atom is 0.239 e. The topological polar surface area (TPSA) is 92.0 Å². The SMILES string of the molecule is CNC(C)(COCCOCCOCCOC)C(N)=O. The number of nitrogens with one attached hydrogen (secondary N) is 1. The van der Waals surface area contributed by atoms with Crippen LogP contribution in [0.15, 0.2) is 0 Å². The Bertz CT molecular complexity index is 240. The van der Waals surface area contributed by atoms with Crippen molar-refractivity contribution in [2.75, 3.05) is 60.4 Å². The molecule has 0 fully saturated rings. The number of amides is 1. The van der Waals surface area contributed by atoms with Crippen LogP contribution in [0.3, 0.4) is 0 Å². The van der Waals surface area contributed by atoms with Crippen LogP contribution in [0.1, 0.15) is 6.92 Å². The number of carbonyl (C=O) groups is 1. The summed E-state index contributed by atoms with van der Waals surface area (Å²) in [4.78, 5) is 11.2. The quantitative estimate of drug-likeness (QED) is 0.426. The predicted molar refractivity (Wildman–Crippen MR) is 71.0 cm³/mol. The second-order valence-electron chi connectivity index (χ2n) is 4.22. The van der Waals surface area contributed by atoms with Crippen LogP contribution in [0.2, 0.25) is 0 Å². The molecule has 0 aromatic rings. The highest BCUT2D eigenvalue weighted by Gasteiger charge is 2.28. The lowest BCUT2D eigenvalue weighted by molar-refractivity contribution is -0.126. The van der Waals surface area contributed by atoms with Gasteiger partial charge >= 0.3 is 0 Å². The van der Waals surface area contributed by atoms with E-state index >= 15 is 0 Å². The Morgan fingerprint density at radius 3 is 1.95 bits per heavy atom. The molecule has 0 heterocycles. The number of carbonyl (C=O) groups excluding carboxylic acids is 1. The summed E-state index contributed by atoms with van der Waals surface area (Å²) >= 11 is 0. The summed E-state index contributed by atoms with van der Waals surface area (Å²) in [5.74, 6) is -0.442. The summed E-state index contributed by atoms with van der Waals surface area (Å²) in [6, 6.07) is 0. The van der Waals surface area contributed by atoms with Crippen LogP contribution in [0, 0.1) is 0 Å². The number of hydrogen-bond donors (Lipinski definition) is 2. The van der Waals surface area contributed by atoms with Crippen molar-refractivity contribution in [1.29, 1.82) is 0 Å². The molecule has 0 aliphatic carbocycles. The minimum atomic E-state index is -0.844. The molecule has 0 spiro atoms. The maximum absolute atomic E-state index is 11.2. The van der Waals surface area contributed by atoms with E-state index in [-0.39, 0.29) is 6.61 Å². The highest BCUT2D eigenvalue weighted by atomic mass is 16.6. The molecule has 1 amide bonds. The molecule has 1 atom stereocenters. The maximum atomic E-state index is 11.2. The normalized spacial score (nSPS) is 14.3. The van der Waals surface area contributed by atoms with Crippen molar-refractivity contribution < 1.29 is 23.7 Å². The van der Waals surface area contributed by atoms with Gasteiger partial charge in [-0.3, -0.25) is 4.79 Å². The molecule has 114 valence electrons. The van der Waals surface area contributed by atoms with Gasteiger partial charge in [0, 0.05) is 7.11 Å². The van der Waals surface area contributed by atoms with Gasteiger partial charge in [-0.1, -0.05) is 0 Å². The zero-order chi connectivity index (χ0) is 14.6. The molecule has 3 N–H and O–H groups in total. The van der Waals surface area contributed by atoms with Gasteiger partial charge in [0.1, 0.15) is 5.54 Å². The van der Waals surface area contributed by atoms with Gasteiger partial charge in [0.25, 0.3) is 0 Å². The van der Waals surface area contributed by atoms with E-state index in [2.05, 4.69) is 5.32 Å². The summed E-state index contributed by atoms with van der Waals surface area (Å²) in [6.07, 6.45) is 0. The van der Waals surface area contributed by atoms with Crippen molar-refractivity contribution in [3.8, 4) is 0 Å². The average Bonchev–Trinajstić information content (AvgIpc) is 2.40. The number of ether oxygens (including phenoxy) is 4. The second kappa shape index (κ2) is 11.1. The fourth-order valence-electron chi connectivity index (χ4n) is 1.12. The van der Waals surface area contributed by atoms with Crippen LogP contribution in [0.25, 0.3) is 0 Å². The Hall–Kier alpha value is -0.730. The Morgan fingerprint density at radius 1 is 1.05 bits per heavy atom. The monoisotopic (exact) mass is 278 g/mol. The molecule has 0 aromatic carbocycles. The van der Waals surface area contributed by atoms with Crippen LogP contribution in [0.4, 0.5) is 0 Å². The number of rotatable bonds is 13. The molecule has 0 aromatic heterocycles. The first-order valence-corrected chi connectivity index (χ1v) is 6.28. The highest BCUT2D eigenvalue weighted by molar-refractivity contribution is 5.84. The molecule has 0 radical (unpaired) electrons. The zero-order valence-corrected chi connectivity index (χ0v) is 12.1. The molecule has 19 heavy (non-hydrogen) atoms.